The van der Waals surface area contributed by atoms with Gasteiger partial charge in [-0.05, 0) is 69.1 Å². The molecule has 1 aliphatic carbocycles. The number of hydrogen-bond acceptors (Lipinski definition) is 5. The van der Waals surface area contributed by atoms with E-state index < -0.39 is 24.5 Å². The van der Waals surface area contributed by atoms with Crippen molar-refractivity contribution in [2.45, 2.75) is 89.8 Å². The van der Waals surface area contributed by atoms with E-state index in [1.165, 1.54) is 11.8 Å². The number of nitrogens with zero attached hydrogens (tertiary/aromatic N) is 2. The second-order valence-corrected chi connectivity index (χ2v) is 9.50. The molecular weight excluding hydrogens is 488 g/mol. The summed E-state index contributed by atoms with van der Waals surface area (Å²) in [4.78, 5) is 19.7. The highest BCUT2D eigenvalue weighted by molar-refractivity contribution is 5.77. The summed E-state index contributed by atoms with van der Waals surface area (Å²) in [7, 11) is 0. The van der Waals surface area contributed by atoms with Gasteiger partial charge in [0.05, 0.1) is 11.4 Å². The molecule has 0 aromatic heterocycles. The van der Waals surface area contributed by atoms with Crippen LogP contribution in [-0.4, -0.2) is 40.6 Å². The van der Waals surface area contributed by atoms with Crippen LogP contribution in [0.25, 0.3) is 0 Å². The summed E-state index contributed by atoms with van der Waals surface area (Å²) in [6.07, 6.45) is 15.8. The molecule has 0 amide bonds. The molecular formula is C30H41F2N3O3. The van der Waals surface area contributed by atoms with Crippen LogP contribution >= 0.6 is 0 Å². The zero-order chi connectivity index (χ0) is 28.0. The normalized spacial score (nSPS) is 18.2. The zero-order valence-corrected chi connectivity index (χ0v) is 22.5. The Morgan fingerprint density at radius 3 is 2.74 bits per heavy atom. The Hall–Kier alpha value is -2.97. The van der Waals surface area contributed by atoms with Crippen LogP contribution in [0.5, 0.6) is 0 Å². The average Bonchev–Trinajstić information content (AvgIpc) is 2.90. The van der Waals surface area contributed by atoms with Crippen LogP contribution in [0.3, 0.4) is 0 Å². The van der Waals surface area contributed by atoms with E-state index in [-0.39, 0.29) is 24.8 Å². The van der Waals surface area contributed by atoms with Gasteiger partial charge >= 0.3 is 11.9 Å². The van der Waals surface area contributed by atoms with Crippen molar-refractivity contribution in [1.82, 2.24) is 5.32 Å². The molecule has 0 spiro atoms. The predicted molar refractivity (Wildman–Crippen MR) is 151 cm³/mol. The van der Waals surface area contributed by atoms with Gasteiger partial charge in [0.25, 0.3) is 0 Å². The molecule has 3 atom stereocenters. The first kappa shape index (κ1) is 31.2. The summed E-state index contributed by atoms with van der Waals surface area (Å²) in [6.45, 7) is 8.08. The number of carboxylic acids is 1. The third-order valence-corrected chi connectivity index (χ3v) is 6.48. The quantitative estimate of drug-likeness (QED) is 0.0889. The minimum absolute atomic E-state index is 0.0264. The van der Waals surface area contributed by atoms with Gasteiger partial charge in [-0.15, -0.1) is 6.58 Å². The number of aliphatic hydroxyl groups excluding tert-OH is 1. The number of carboxylic acid groups (broad SMARTS) is 1. The number of aliphatic carboxylic acids is 1. The number of allylic oxidation sites excluding steroid dienone is 4. The largest absolute Gasteiger partial charge is 0.477 e. The summed E-state index contributed by atoms with van der Waals surface area (Å²) in [5.41, 5.74) is 3.07. The van der Waals surface area contributed by atoms with Gasteiger partial charge < -0.3 is 10.2 Å². The second-order valence-electron chi connectivity index (χ2n) is 9.50. The molecule has 0 saturated carbocycles. The molecule has 208 valence electrons. The van der Waals surface area contributed by atoms with E-state index in [9.17, 15) is 18.7 Å². The van der Waals surface area contributed by atoms with Crippen molar-refractivity contribution >= 4 is 29.8 Å². The van der Waals surface area contributed by atoms with E-state index in [1.807, 2.05) is 6.08 Å². The number of rotatable bonds is 16. The van der Waals surface area contributed by atoms with E-state index >= 15 is 0 Å². The van der Waals surface area contributed by atoms with Crippen molar-refractivity contribution in [2.24, 2.45) is 15.9 Å². The van der Waals surface area contributed by atoms with Crippen LogP contribution in [0.2, 0.25) is 0 Å². The number of aliphatic imine (C=N–C) groups is 2. The molecule has 3 unspecified atom stereocenters. The Kier molecular flexibility index (Phi) is 13.2. The maximum absolute atomic E-state index is 13.3. The lowest BCUT2D eigenvalue weighted by atomic mass is 9.94. The second kappa shape index (κ2) is 16.1. The highest BCUT2D eigenvalue weighted by Gasteiger charge is 2.37. The molecule has 0 heterocycles. The number of halogens is 2. The molecule has 1 aromatic carbocycles. The summed E-state index contributed by atoms with van der Waals surface area (Å²) in [5.74, 6) is -5.84. The summed E-state index contributed by atoms with van der Waals surface area (Å²) in [5, 5.41) is 22.7. The van der Waals surface area contributed by atoms with Gasteiger partial charge in [-0.25, -0.2) is 4.79 Å². The highest BCUT2D eigenvalue weighted by atomic mass is 19.3. The van der Waals surface area contributed by atoms with E-state index in [4.69, 9.17) is 5.11 Å². The van der Waals surface area contributed by atoms with Crippen molar-refractivity contribution in [3.8, 4) is 0 Å². The minimum atomic E-state index is -3.75. The van der Waals surface area contributed by atoms with E-state index in [1.54, 1.807) is 24.4 Å². The number of nitrogens with one attached hydrogen (secondary N) is 1. The van der Waals surface area contributed by atoms with Gasteiger partial charge in [-0.1, -0.05) is 49.8 Å². The summed E-state index contributed by atoms with van der Waals surface area (Å²) < 4.78 is 26.7. The van der Waals surface area contributed by atoms with Crippen LogP contribution < -0.4 is 5.32 Å². The Morgan fingerprint density at radius 2 is 2.05 bits per heavy atom. The van der Waals surface area contributed by atoms with Crippen molar-refractivity contribution in [3.63, 3.8) is 0 Å². The third-order valence-electron chi connectivity index (χ3n) is 6.48. The predicted octanol–water partition coefficient (Wildman–Crippen LogP) is 7.61. The minimum Gasteiger partial charge on any atom is -0.477 e. The topological polar surface area (TPSA) is 94.3 Å². The van der Waals surface area contributed by atoms with Crippen LogP contribution in [0.4, 0.5) is 20.2 Å². The first-order valence-corrected chi connectivity index (χ1v) is 13.4. The van der Waals surface area contributed by atoms with Gasteiger partial charge in [0.1, 0.15) is 6.23 Å². The SMILES string of the molecule is C=CC(/C=N/c1ccc(C(O)NC2C=C(CC)CCC2)cc1/N=C/CCCC(F)(F)C(=O)O)C/C=C\CC. The van der Waals surface area contributed by atoms with Gasteiger partial charge in [0.15, 0.2) is 0 Å². The molecule has 6 nitrogen and oxygen atoms in total. The average molecular weight is 530 g/mol. The van der Waals surface area contributed by atoms with Crippen molar-refractivity contribution in [3.05, 3.63) is 60.2 Å². The lowest BCUT2D eigenvalue weighted by Gasteiger charge is -2.25. The smallest absolute Gasteiger partial charge is 0.374 e. The fraction of sp³-hybridized carbons (Fsp3) is 0.500. The van der Waals surface area contributed by atoms with Crippen molar-refractivity contribution in [2.75, 3.05) is 0 Å². The Bertz CT molecular complexity index is 1030. The molecule has 1 aromatic rings. The number of alkyl halides is 2. The standard InChI is InChI=1S/C30H41F2N3O3/c1-4-7-8-12-23(6-3)21-34-26-16-15-24(28(36)35-25-14-11-13-22(5-2)19-25)20-27(26)33-18-10-9-17-30(31,32)29(37)38/h6-8,15-16,18-21,23,25,28,35-36H,3-5,9-14,17H2,1-2H3,(H,37,38)/b8-7-,33-18+,34-21+. The van der Waals surface area contributed by atoms with E-state index in [2.05, 4.69) is 54.0 Å². The van der Waals surface area contributed by atoms with E-state index in [0.717, 1.165) is 38.5 Å². The van der Waals surface area contributed by atoms with E-state index in [0.29, 0.717) is 16.9 Å². The van der Waals surface area contributed by atoms with Gasteiger partial charge in [0, 0.05) is 30.8 Å². The molecule has 1 aliphatic rings. The van der Waals surface area contributed by atoms with Crippen LogP contribution in [-0.2, 0) is 4.79 Å². The zero-order valence-electron chi connectivity index (χ0n) is 22.5. The molecule has 0 aliphatic heterocycles. The molecule has 3 N–H and O–H groups in total. The van der Waals surface area contributed by atoms with Crippen molar-refractivity contribution < 1.29 is 23.8 Å². The maximum Gasteiger partial charge on any atom is 0.374 e. The van der Waals surface area contributed by atoms with Gasteiger partial charge in [0.2, 0.25) is 0 Å². The molecule has 0 saturated heterocycles. The number of benzene rings is 1. The maximum atomic E-state index is 13.3. The molecule has 2 rings (SSSR count). The number of carbonyl (C=O) groups is 1. The Labute approximate surface area is 225 Å². The lowest BCUT2D eigenvalue weighted by molar-refractivity contribution is -0.165. The molecule has 0 bridgehead atoms. The molecule has 0 fully saturated rings. The number of aliphatic hydroxyl groups is 1. The molecule has 8 heteroatoms. The first-order chi connectivity index (χ1) is 18.2. The first-order valence-electron chi connectivity index (χ1n) is 13.4. The monoisotopic (exact) mass is 529 g/mol. The van der Waals surface area contributed by atoms with Gasteiger partial charge in [-0.3, -0.25) is 15.3 Å². The number of unbranched alkanes of at least 4 members (excludes halogenated alkanes) is 1. The molecule has 38 heavy (non-hydrogen) atoms. The van der Waals surface area contributed by atoms with Crippen molar-refractivity contribution in [1.29, 1.82) is 0 Å². The number of hydrogen-bond donors (Lipinski definition) is 3. The van der Waals surface area contributed by atoms with Crippen LogP contribution in [0.15, 0.2) is 64.6 Å². The highest BCUT2D eigenvalue weighted by Crippen LogP contribution is 2.32. The Balaban J connectivity index is 2.21. The summed E-state index contributed by atoms with van der Waals surface area (Å²) >= 11 is 0. The van der Waals surface area contributed by atoms with Crippen LogP contribution in [0, 0.1) is 5.92 Å². The summed E-state index contributed by atoms with van der Waals surface area (Å²) in [6, 6.07) is 5.39. The lowest BCUT2D eigenvalue weighted by Crippen LogP contribution is -2.33. The fourth-order valence-corrected chi connectivity index (χ4v) is 4.15. The van der Waals surface area contributed by atoms with Gasteiger partial charge in [-0.2, -0.15) is 8.78 Å². The molecule has 0 radical (unpaired) electrons. The fourth-order valence-electron chi connectivity index (χ4n) is 4.15. The Morgan fingerprint density at radius 1 is 1.26 bits per heavy atom. The third kappa shape index (κ3) is 10.4. The van der Waals surface area contributed by atoms with Crippen LogP contribution in [0.1, 0.15) is 83.4 Å².